The molecule has 0 aromatic heterocycles. The highest BCUT2D eigenvalue weighted by Gasteiger charge is 2.62. The van der Waals surface area contributed by atoms with Gasteiger partial charge in [0.25, 0.3) is 5.91 Å². The minimum absolute atomic E-state index is 0.0157. The SMILES string of the molecule is C=CC1C[C@]1(NC(=O)[C@@H]1C[C@@H](OC(=O)Nc2ccc(F)c(F)c2F)CN1C(=O)[C@@H](NC(=O)OC(C)(C)C)C(C)(C)C)C(=O)NS(=O)(=O)C1CC1. The van der Waals surface area contributed by atoms with Gasteiger partial charge in [-0.1, -0.05) is 26.8 Å². The van der Waals surface area contributed by atoms with Gasteiger partial charge in [0.15, 0.2) is 17.5 Å². The largest absolute Gasteiger partial charge is 0.444 e. The Labute approximate surface area is 287 Å². The number of hydrogen-bond donors (Lipinski definition) is 4. The molecular weight excluding hydrogens is 687 g/mol. The van der Waals surface area contributed by atoms with Crippen molar-refractivity contribution in [2.45, 2.75) is 102 Å². The van der Waals surface area contributed by atoms with Crippen molar-refractivity contribution in [3.63, 3.8) is 0 Å². The predicted molar refractivity (Wildman–Crippen MR) is 172 cm³/mol. The molecule has 1 saturated heterocycles. The molecule has 3 aliphatic rings. The van der Waals surface area contributed by atoms with E-state index in [1.54, 1.807) is 41.5 Å². The first-order valence-electron chi connectivity index (χ1n) is 15.9. The number of nitrogens with zero attached hydrogens (tertiary/aromatic N) is 1. The molecule has 2 aliphatic carbocycles. The number of carbonyl (C=O) groups excluding carboxylic acids is 5. The van der Waals surface area contributed by atoms with Gasteiger partial charge in [-0.25, -0.2) is 31.2 Å². The number of anilines is 1. The quantitative estimate of drug-likeness (QED) is 0.207. The predicted octanol–water partition coefficient (Wildman–Crippen LogP) is 3.23. The maximum Gasteiger partial charge on any atom is 0.412 e. The second kappa shape index (κ2) is 13.8. The van der Waals surface area contributed by atoms with Crippen molar-refractivity contribution in [1.29, 1.82) is 0 Å². The van der Waals surface area contributed by atoms with Crippen LogP contribution in [-0.4, -0.2) is 84.3 Å². The number of sulfonamides is 1. The van der Waals surface area contributed by atoms with Gasteiger partial charge in [-0.2, -0.15) is 0 Å². The smallest absolute Gasteiger partial charge is 0.412 e. The van der Waals surface area contributed by atoms with E-state index in [1.807, 2.05) is 10.0 Å². The third kappa shape index (κ3) is 8.68. The van der Waals surface area contributed by atoms with Crippen molar-refractivity contribution in [3.8, 4) is 0 Å². The molecule has 50 heavy (non-hydrogen) atoms. The minimum Gasteiger partial charge on any atom is -0.444 e. The molecule has 5 atom stereocenters. The molecule has 0 spiro atoms. The topological polar surface area (TPSA) is 189 Å². The average Bonchev–Trinajstić information content (AvgIpc) is 3.91. The van der Waals surface area contributed by atoms with Crippen molar-refractivity contribution in [2.75, 3.05) is 11.9 Å². The Morgan fingerprint density at radius 3 is 2.20 bits per heavy atom. The standard InChI is InChI=1S/C32H42F3N5O9S/c1-8-16-14-32(16,27(43)39-50(46,47)18-9-10-18)38-25(41)21-13-17(48-28(44)36-20-12-11-19(33)22(34)23(20)35)15-40(21)26(42)24(30(2,3)4)37-29(45)49-31(5,6)7/h8,11-12,16-18,21,24H,1,9-10,13-15H2,2-7H3,(H,36,44)(H,37,45)(H,38,41)(H,39,43)/t16?,17-,21+,24-,32-/m1/s1. The zero-order chi connectivity index (χ0) is 37.6. The van der Waals surface area contributed by atoms with E-state index in [0.29, 0.717) is 18.9 Å². The summed E-state index contributed by atoms with van der Waals surface area (Å²) < 4.78 is 79.1. The fourth-order valence-electron chi connectivity index (χ4n) is 5.55. The molecule has 4 rings (SSSR count). The summed E-state index contributed by atoms with van der Waals surface area (Å²) in [4.78, 5) is 67.9. The van der Waals surface area contributed by atoms with E-state index in [9.17, 15) is 45.6 Å². The molecule has 1 heterocycles. The van der Waals surface area contributed by atoms with E-state index in [-0.39, 0.29) is 12.8 Å². The van der Waals surface area contributed by atoms with Crippen LogP contribution in [0.15, 0.2) is 24.8 Å². The normalized spacial score (nSPS) is 24.0. The van der Waals surface area contributed by atoms with E-state index in [2.05, 4.69) is 17.2 Å². The third-order valence-electron chi connectivity index (χ3n) is 8.42. The number of carbonyl (C=O) groups is 5. The van der Waals surface area contributed by atoms with Crippen molar-refractivity contribution in [2.24, 2.45) is 11.3 Å². The zero-order valence-corrected chi connectivity index (χ0v) is 29.3. The Morgan fingerprint density at radius 1 is 1.02 bits per heavy atom. The summed E-state index contributed by atoms with van der Waals surface area (Å²) in [5, 5.41) is 6.35. The molecule has 1 aliphatic heterocycles. The average molecular weight is 730 g/mol. The molecule has 5 amide bonds. The minimum atomic E-state index is -3.99. The van der Waals surface area contributed by atoms with Gasteiger partial charge in [-0.15, -0.1) is 6.58 Å². The second-order valence-electron chi connectivity index (χ2n) is 14.7. The zero-order valence-electron chi connectivity index (χ0n) is 28.5. The van der Waals surface area contributed by atoms with Crippen LogP contribution in [0.1, 0.15) is 67.2 Å². The van der Waals surface area contributed by atoms with Gasteiger partial charge in [0.2, 0.25) is 21.8 Å². The summed E-state index contributed by atoms with van der Waals surface area (Å²) >= 11 is 0. The molecule has 276 valence electrons. The van der Waals surface area contributed by atoms with E-state index in [1.165, 1.54) is 6.08 Å². The first-order valence-corrected chi connectivity index (χ1v) is 17.5. The molecule has 3 fully saturated rings. The maximum atomic E-state index is 14.2. The van der Waals surface area contributed by atoms with Gasteiger partial charge in [0, 0.05) is 12.3 Å². The van der Waals surface area contributed by atoms with E-state index in [0.717, 1.165) is 11.0 Å². The van der Waals surface area contributed by atoms with Crippen LogP contribution in [0.25, 0.3) is 0 Å². The molecule has 0 radical (unpaired) electrons. The highest BCUT2D eigenvalue weighted by molar-refractivity contribution is 7.91. The van der Waals surface area contributed by atoms with Crippen LogP contribution in [-0.2, 0) is 33.9 Å². The monoisotopic (exact) mass is 729 g/mol. The number of benzene rings is 1. The van der Waals surface area contributed by atoms with Gasteiger partial charge < -0.3 is 25.0 Å². The number of halogens is 3. The van der Waals surface area contributed by atoms with Crippen LogP contribution in [0.3, 0.4) is 0 Å². The summed E-state index contributed by atoms with van der Waals surface area (Å²) in [6.45, 7) is 13.0. The summed E-state index contributed by atoms with van der Waals surface area (Å²) in [5.41, 5.74) is -4.31. The van der Waals surface area contributed by atoms with Gasteiger partial charge in [-0.3, -0.25) is 24.4 Å². The van der Waals surface area contributed by atoms with E-state index < -0.39 is 116 Å². The molecule has 1 aromatic carbocycles. The van der Waals surface area contributed by atoms with Gasteiger partial charge in [0.1, 0.15) is 29.3 Å². The lowest BCUT2D eigenvalue weighted by molar-refractivity contribution is -0.143. The second-order valence-corrected chi connectivity index (χ2v) is 16.7. The molecule has 0 bridgehead atoms. The fourth-order valence-corrected chi connectivity index (χ4v) is 6.91. The first kappa shape index (κ1) is 38.5. The Bertz CT molecular complexity index is 1690. The van der Waals surface area contributed by atoms with E-state index >= 15 is 0 Å². The van der Waals surface area contributed by atoms with Gasteiger partial charge in [0.05, 0.1) is 17.5 Å². The molecule has 14 nitrogen and oxygen atoms in total. The fraction of sp³-hybridized carbons (Fsp3) is 0.594. The van der Waals surface area contributed by atoms with Crippen molar-refractivity contribution < 1.29 is 55.0 Å². The van der Waals surface area contributed by atoms with Crippen LogP contribution < -0.4 is 20.7 Å². The number of nitrogens with one attached hydrogen (secondary N) is 4. The number of likely N-dealkylation sites (tertiary alicyclic amines) is 1. The molecule has 1 aromatic rings. The summed E-state index contributed by atoms with van der Waals surface area (Å²) in [6.07, 6.45) is -1.66. The van der Waals surface area contributed by atoms with Crippen LogP contribution in [0.4, 0.5) is 28.4 Å². The Hall–Kier alpha value is -4.35. The summed E-state index contributed by atoms with van der Waals surface area (Å²) in [6, 6.07) is -1.36. The molecule has 4 N–H and O–H groups in total. The lowest BCUT2D eigenvalue weighted by atomic mass is 9.85. The Kier molecular flexibility index (Phi) is 10.6. The number of amides is 5. The summed E-state index contributed by atoms with van der Waals surface area (Å²) in [5.74, 6) is -8.30. The van der Waals surface area contributed by atoms with Crippen LogP contribution in [0.2, 0.25) is 0 Å². The van der Waals surface area contributed by atoms with Gasteiger partial charge in [-0.05, 0) is 57.6 Å². The highest BCUT2D eigenvalue weighted by atomic mass is 32.2. The number of ether oxygens (including phenoxy) is 2. The highest BCUT2D eigenvalue weighted by Crippen LogP contribution is 2.45. The van der Waals surface area contributed by atoms with Crippen molar-refractivity contribution >= 4 is 45.6 Å². The molecule has 2 saturated carbocycles. The van der Waals surface area contributed by atoms with E-state index in [4.69, 9.17) is 9.47 Å². The van der Waals surface area contributed by atoms with Crippen molar-refractivity contribution in [3.05, 3.63) is 42.2 Å². The van der Waals surface area contributed by atoms with Gasteiger partial charge >= 0.3 is 12.2 Å². The van der Waals surface area contributed by atoms with Crippen LogP contribution >= 0.6 is 0 Å². The Morgan fingerprint density at radius 2 is 1.66 bits per heavy atom. The van der Waals surface area contributed by atoms with Crippen LogP contribution in [0.5, 0.6) is 0 Å². The first-order chi connectivity index (χ1) is 23.0. The van der Waals surface area contributed by atoms with Crippen LogP contribution in [0, 0.1) is 28.8 Å². The number of alkyl carbamates (subject to hydrolysis) is 1. The maximum absolute atomic E-state index is 14.2. The van der Waals surface area contributed by atoms with Crippen molar-refractivity contribution in [1.82, 2.24) is 20.3 Å². The Balaban J connectivity index is 1.60. The molecule has 18 heteroatoms. The lowest BCUT2D eigenvalue weighted by Crippen LogP contribution is -2.60. The molecule has 1 unspecified atom stereocenters. The number of hydrogen-bond acceptors (Lipinski definition) is 9. The molecular formula is C32H42F3N5O9S. The summed E-state index contributed by atoms with van der Waals surface area (Å²) in [7, 11) is -3.99. The lowest BCUT2D eigenvalue weighted by Gasteiger charge is -2.36. The third-order valence-corrected chi connectivity index (χ3v) is 10.2. The number of rotatable bonds is 10.